The van der Waals surface area contributed by atoms with Crippen molar-refractivity contribution in [2.24, 2.45) is 0 Å². The van der Waals surface area contributed by atoms with Crippen molar-refractivity contribution >= 4 is 5.78 Å². The minimum absolute atomic E-state index is 0.133. The molecule has 0 bridgehead atoms. The van der Waals surface area contributed by atoms with E-state index in [9.17, 15) is 4.79 Å². The zero-order valence-corrected chi connectivity index (χ0v) is 9.72. The van der Waals surface area contributed by atoms with Crippen LogP contribution in [-0.2, 0) is 11.2 Å². The maximum absolute atomic E-state index is 11.2. The van der Waals surface area contributed by atoms with E-state index < -0.39 is 0 Å². The summed E-state index contributed by atoms with van der Waals surface area (Å²) in [4.78, 5) is 11.2. The van der Waals surface area contributed by atoms with Gasteiger partial charge in [0, 0.05) is 12.0 Å². The molecule has 0 aliphatic carbocycles. The third kappa shape index (κ3) is 3.18. The van der Waals surface area contributed by atoms with E-state index in [1.54, 1.807) is 6.92 Å². The van der Waals surface area contributed by atoms with Gasteiger partial charge in [-0.15, -0.1) is 0 Å². The van der Waals surface area contributed by atoms with Crippen LogP contribution in [0.4, 0.5) is 0 Å². The Bertz CT molecular complexity index is 503. The third-order valence-corrected chi connectivity index (χ3v) is 2.38. The molecule has 0 fully saturated rings. The monoisotopic (exact) mass is 226 g/mol. The van der Waals surface area contributed by atoms with Gasteiger partial charge in [0.2, 0.25) is 0 Å². The van der Waals surface area contributed by atoms with E-state index in [0.29, 0.717) is 6.42 Å². The highest BCUT2D eigenvalue weighted by Crippen LogP contribution is 2.25. The first-order valence-electron chi connectivity index (χ1n) is 5.56. The van der Waals surface area contributed by atoms with Crippen LogP contribution < -0.4 is 4.74 Å². The molecular formula is C15H14O2. The van der Waals surface area contributed by atoms with E-state index in [0.717, 1.165) is 17.1 Å². The molecule has 2 nitrogen and oxygen atoms in total. The lowest BCUT2D eigenvalue weighted by molar-refractivity contribution is -0.116. The standard InChI is InChI=1S/C15H14O2/c1-12(16)11-13-7-5-6-10-15(13)17-14-8-3-2-4-9-14/h2-10H,11H2,1H3. The molecule has 0 saturated heterocycles. The van der Waals surface area contributed by atoms with Crippen LogP contribution in [-0.4, -0.2) is 5.78 Å². The van der Waals surface area contributed by atoms with E-state index in [1.165, 1.54) is 0 Å². The van der Waals surface area contributed by atoms with Crippen LogP contribution in [0.5, 0.6) is 11.5 Å². The summed E-state index contributed by atoms with van der Waals surface area (Å²) < 4.78 is 5.76. The van der Waals surface area contributed by atoms with Crippen molar-refractivity contribution in [1.29, 1.82) is 0 Å². The number of hydrogen-bond acceptors (Lipinski definition) is 2. The molecule has 0 unspecified atom stereocenters. The Hall–Kier alpha value is -2.09. The second kappa shape index (κ2) is 5.30. The van der Waals surface area contributed by atoms with Gasteiger partial charge in [0.05, 0.1) is 0 Å². The molecule has 0 saturated carbocycles. The van der Waals surface area contributed by atoms with Gasteiger partial charge < -0.3 is 4.74 Å². The lowest BCUT2D eigenvalue weighted by Gasteiger charge is -2.09. The number of rotatable bonds is 4. The second-order valence-electron chi connectivity index (χ2n) is 3.90. The minimum atomic E-state index is 0.133. The van der Waals surface area contributed by atoms with Gasteiger partial charge in [-0.3, -0.25) is 4.79 Å². The highest BCUT2D eigenvalue weighted by molar-refractivity contribution is 5.79. The molecule has 2 rings (SSSR count). The van der Waals surface area contributed by atoms with E-state index in [1.807, 2.05) is 54.6 Å². The normalized spacial score (nSPS) is 9.94. The molecule has 0 amide bonds. The Balaban J connectivity index is 2.23. The van der Waals surface area contributed by atoms with Crippen LogP contribution in [0.25, 0.3) is 0 Å². The number of carbonyl (C=O) groups is 1. The summed E-state index contributed by atoms with van der Waals surface area (Å²) in [5.41, 5.74) is 0.920. The number of carbonyl (C=O) groups excluding carboxylic acids is 1. The Morgan fingerprint density at radius 2 is 1.65 bits per heavy atom. The van der Waals surface area contributed by atoms with E-state index in [-0.39, 0.29) is 5.78 Å². The number of ether oxygens (including phenoxy) is 1. The van der Waals surface area contributed by atoms with E-state index in [4.69, 9.17) is 4.74 Å². The lowest BCUT2D eigenvalue weighted by Crippen LogP contribution is -1.98. The number of ketones is 1. The first-order valence-corrected chi connectivity index (χ1v) is 5.56. The van der Waals surface area contributed by atoms with Crippen molar-refractivity contribution in [3.05, 3.63) is 60.2 Å². The quantitative estimate of drug-likeness (QED) is 0.796. The molecule has 0 atom stereocenters. The maximum Gasteiger partial charge on any atom is 0.134 e. The molecule has 17 heavy (non-hydrogen) atoms. The number of para-hydroxylation sites is 2. The molecule has 0 radical (unpaired) electrons. The first-order chi connectivity index (χ1) is 8.25. The van der Waals surface area contributed by atoms with Crippen molar-refractivity contribution in [3.63, 3.8) is 0 Å². The average molecular weight is 226 g/mol. The molecule has 2 aromatic rings. The van der Waals surface area contributed by atoms with Gasteiger partial charge in [-0.25, -0.2) is 0 Å². The van der Waals surface area contributed by atoms with Gasteiger partial charge in [0.1, 0.15) is 17.3 Å². The number of hydrogen-bond donors (Lipinski definition) is 0. The van der Waals surface area contributed by atoms with Crippen molar-refractivity contribution in [2.45, 2.75) is 13.3 Å². The van der Waals surface area contributed by atoms with Crippen LogP contribution >= 0.6 is 0 Å². The summed E-state index contributed by atoms with van der Waals surface area (Å²) in [5.74, 6) is 1.66. The molecule has 0 heterocycles. The van der Waals surface area contributed by atoms with Crippen molar-refractivity contribution in [3.8, 4) is 11.5 Å². The topological polar surface area (TPSA) is 26.3 Å². The molecule has 86 valence electrons. The minimum Gasteiger partial charge on any atom is -0.457 e. The molecule has 0 spiro atoms. The highest BCUT2D eigenvalue weighted by Gasteiger charge is 2.06. The largest absolute Gasteiger partial charge is 0.457 e. The molecule has 0 N–H and O–H groups in total. The predicted molar refractivity (Wildman–Crippen MR) is 67.3 cm³/mol. The van der Waals surface area contributed by atoms with Crippen LogP contribution in [0.3, 0.4) is 0 Å². The zero-order valence-electron chi connectivity index (χ0n) is 9.72. The summed E-state index contributed by atoms with van der Waals surface area (Å²) in [6.45, 7) is 1.58. The summed E-state index contributed by atoms with van der Waals surface area (Å²) in [5, 5.41) is 0. The van der Waals surface area contributed by atoms with Gasteiger partial charge >= 0.3 is 0 Å². The van der Waals surface area contributed by atoms with Crippen LogP contribution in [0.15, 0.2) is 54.6 Å². The average Bonchev–Trinajstić information content (AvgIpc) is 2.32. The van der Waals surface area contributed by atoms with Gasteiger partial charge in [0.25, 0.3) is 0 Å². The van der Waals surface area contributed by atoms with Crippen LogP contribution in [0.2, 0.25) is 0 Å². The summed E-state index contributed by atoms with van der Waals surface area (Å²) in [7, 11) is 0. The smallest absolute Gasteiger partial charge is 0.134 e. The summed E-state index contributed by atoms with van der Waals surface area (Å²) in [6, 6.07) is 17.2. The van der Waals surface area contributed by atoms with Gasteiger partial charge in [0.15, 0.2) is 0 Å². The van der Waals surface area contributed by atoms with Gasteiger partial charge in [-0.05, 0) is 25.1 Å². The summed E-state index contributed by atoms with van der Waals surface area (Å²) >= 11 is 0. The lowest BCUT2D eigenvalue weighted by atomic mass is 10.1. The van der Waals surface area contributed by atoms with Gasteiger partial charge in [-0.1, -0.05) is 36.4 Å². The fraction of sp³-hybridized carbons (Fsp3) is 0.133. The molecule has 2 heteroatoms. The maximum atomic E-state index is 11.2. The molecule has 0 aliphatic rings. The van der Waals surface area contributed by atoms with Crippen LogP contribution in [0.1, 0.15) is 12.5 Å². The first kappa shape index (κ1) is 11.4. The fourth-order valence-corrected chi connectivity index (χ4v) is 1.63. The van der Waals surface area contributed by atoms with E-state index in [2.05, 4.69) is 0 Å². The molecule has 0 aromatic heterocycles. The molecular weight excluding hydrogens is 212 g/mol. The Morgan fingerprint density at radius 1 is 1.00 bits per heavy atom. The van der Waals surface area contributed by atoms with Crippen molar-refractivity contribution in [1.82, 2.24) is 0 Å². The Kier molecular flexibility index (Phi) is 3.55. The number of benzene rings is 2. The zero-order chi connectivity index (χ0) is 12.1. The predicted octanol–water partition coefficient (Wildman–Crippen LogP) is 3.61. The molecule has 0 aliphatic heterocycles. The number of Topliss-reactive ketones (excluding diaryl/α,β-unsaturated/α-hetero) is 1. The fourth-order valence-electron chi connectivity index (χ4n) is 1.63. The highest BCUT2D eigenvalue weighted by atomic mass is 16.5. The Labute approximate surface area is 101 Å². The van der Waals surface area contributed by atoms with E-state index >= 15 is 0 Å². The summed E-state index contributed by atoms with van der Waals surface area (Å²) in [6.07, 6.45) is 0.406. The molecule has 2 aromatic carbocycles. The van der Waals surface area contributed by atoms with Crippen LogP contribution in [0, 0.1) is 0 Å². The third-order valence-electron chi connectivity index (χ3n) is 2.38. The van der Waals surface area contributed by atoms with Gasteiger partial charge in [-0.2, -0.15) is 0 Å². The second-order valence-corrected chi connectivity index (χ2v) is 3.90. The van der Waals surface area contributed by atoms with Crippen molar-refractivity contribution in [2.75, 3.05) is 0 Å². The Morgan fingerprint density at radius 3 is 2.35 bits per heavy atom. The van der Waals surface area contributed by atoms with Crippen molar-refractivity contribution < 1.29 is 9.53 Å². The SMILES string of the molecule is CC(=O)Cc1ccccc1Oc1ccccc1.